The topological polar surface area (TPSA) is 40.1 Å². The molecule has 0 unspecified atom stereocenters. The Morgan fingerprint density at radius 1 is 0.920 bits per heavy atom. The average Bonchev–Trinajstić information content (AvgIpc) is 2.55. The van der Waals surface area contributed by atoms with Crippen LogP contribution >= 0.6 is 31.9 Å². The molecule has 0 aromatic heterocycles. The van der Waals surface area contributed by atoms with E-state index in [4.69, 9.17) is 0 Å². The summed E-state index contributed by atoms with van der Waals surface area (Å²) in [5, 5.41) is 11.0. The first-order chi connectivity index (χ1) is 12.0. The number of carbonyl (C=O) groups is 1. The smallest absolute Gasteiger partial charge is 0.0716 e. The summed E-state index contributed by atoms with van der Waals surface area (Å²) in [4.78, 5) is 11.0. The fourth-order valence-electron chi connectivity index (χ4n) is 2.98. The summed E-state index contributed by atoms with van der Waals surface area (Å²) in [5.41, 5.74) is 1.75. The lowest BCUT2D eigenvalue weighted by atomic mass is 10.0. The van der Waals surface area contributed by atoms with Crippen LogP contribution in [0.2, 0.25) is 0 Å². The summed E-state index contributed by atoms with van der Waals surface area (Å²) in [7, 11) is 0. The third-order valence-electron chi connectivity index (χ3n) is 4.47. The number of hydrogen-bond acceptors (Lipinski definition) is 2. The zero-order valence-corrected chi connectivity index (χ0v) is 18.4. The van der Waals surface area contributed by atoms with Crippen LogP contribution in [-0.4, -0.2) is 5.97 Å². The van der Waals surface area contributed by atoms with Gasteiger partial charge >= 0.3 is 0 Å². The molecule has 0 N–H and O–H groups in total. The number of rotatable bonds is 13. The van der Waals surface area contributed by atoms with E-state index in [2.05, 4.69) is 45.4 Å². The summed E-state index contributed by atoms with van der Waals surface area (Å²) in [6, 6.07) is 3.98. The van der Waals surface area contributed by atoms with Crippen molar-refractivity contribution < 1.29 is 9.90 Å². The fraction of sp³-hybridized carbons (Fsp3) is 0.571. The fourth-order valence-corrected chi connectivity index (χ4v) is 4.74. The molecule has 0 saturated heterocycles. The predicted molar refractivity (Wildman–Crippen MR) is 111 cm³/mol. The monoisotopic (exact) mass is 471 g/mol. The molecule has 0 aliphatic carbocycles. The molecule has 140 valence electrons. The van der Waals surface area contributed by atoms with Crippen LogP contribution < -0.4 is 5.11 Å². The standard InChI is InChI=1S/C21H30Br2O2/c1-3-4-5-6-7-8-9-10-11-12-13-17-14-18(22)20(19(23)15-17)16(2)21(24)25/h14-15H,2-13H2,1H3,(H,24,25)/p-1. The van der Waals surface area contributed by atoms with Crippen molar-refractivity contribution in [2.75, 3.05) is 0 Å². The van der Waals surface area contributed by atoms with Crippen LogP contribution in [0.1, 0.15) is 82.3 Å². The van der Waals surface area contributed by atoms with Gasteiger partial charge in [-0.05, 0) is 36.1 Å². The van der Waals surface area contributed by atoms with Crippen LogP contribution in [0.3, 0.4) is 0 Å². The Morgan fingerprint density at radius 2 is 1.36 bits per heavy atom. The van der Waals surface area contributed by atoms with Crippen molar-refractivity contribution in [3.8, 4) is 0 Å². The van der Waals surface area contributed by atoms with Gasteiger partial charge in [0.15, 0.2) is 0 Å². The van der Waals surface area contributed by atoms with Crippen molar-refractivity contribution in [3.05, 3.63) is 38.8 Å². The molecule has 0 atom stereocenters. The first-order valence-corrected chi connectivity index (χ1v) is 10.9. The molecule has 0 spiro atoms. The molecule has 0 amide bonds. The second-order valence-electron chi connectivity index (χ2n) is 6.63. The van der Waals surface area contributed by atoms with Crippen LogP contribution in [0.4, 0.5) is 0 Å². The molecule has 2 nitrogen and oxygen atoms in total. The van der Waals surface area contributed by atoms with Gasteiger partial charge in [-0.1, -0.05) is 103 Å². The highest BCUT2D eigenvalue weighted by atomic mass is 79.9. The van der Waals surface area contributed by atoms with Gasteiger partial charge in [-0.15, -0.1) is 0 Å². The molecule has 0 bridgehead atoms. The van der Waals surface area contributed by atoms with E-state index in [1.54, 1.807) is 0 Å². The van der Waals surface area contributed by atoms with Crippen molar-refractivity contribution in [2.24, 2.45) is 0 Å². The maximum Gasteiger partial charge on any atom is 0.0716 e. The molecule has 4 heteroatoms. The van der Waals surface area contributed by atoms with Gasteiger partial charge in [0.2, 0.25) is 0 Å². The number of halogens is 2. The van der Waals surface area contributed by atoms with Gasteiger partial charge in [-0.3, -0.25) is 0 Å². The molecular weight excluding hydrogens is 444 g/mol. The molecule has 1 aromatic rings. The lowest BCUT2D eigenvalue weighted by Gasteiger charge is -2.13. The Morgan fingerprint density at radius 3 is 1.80 bits per heavy atom. The Hall–Kier alpha value is -0.610. The highest BCUT2D eigenvalue weighted by Crippen LogP contribution is 2.32. The Labute approximate surface area is 169 Å². The zero-order valence-electron chi connectivity index (χ0n) is 15.2. The van der Waals surface area contributed by atoms with Crippen LogP contribution in [0.25, 0.3) is 5.57 Å². The number of aryl methyl sites for hydroxylation is 1. The molecule has 0 fully saturated rings. The molecule has 1 aromatic carbocycles. The molecule has 0 aliphatic rings. The first-order valence-electron chi connectivity index (χ1n) is 9.36. The van der Waals surface area contributed by atoms with Crippen molar-refractivity contribution in [2.45, 2.75) is 77.6 Å². The lowest BCUT2D eigenvalue weighted by molar-refractivity contribution is -0.295. The summed E-state index contributed by atoms with van der Waals surface area (Å²) >= 11 is 6.91. The van der Waals surface area contributed by atoms with Gasteiger partial charge in [-0.25, -0.2) is 0 Å². The van der Waals surface area contributed by atoms with Gasteiger partial charge < -0.3 is 9.90 Å². The van der Waals surface area contributed by atoms with Crippen molar-refractivity contribution in [3.63, 3.8) is 0 Å². The minimum Gasteiger partial charge on any atom is -0.545 e. The molecule has 0 heterocycles. The van der Waals surface area contributed by atoms with E-state index >= 15 is 0 Å². The Balaban J connectivity index is 2.30. The molecular formula is C21H29Br2O2-. The van der Waals surface area contributed by atoms with Crippen LogP contribution in [0.15, 0.2) is 27.7 Å². The minimum absolute atomic E-state index is 0.00997. The molecule has 1 rings (SSSR count). The minimum atomic E-state index is -1.25. The van der Waals surface area contributed by atoms with Gasteiger partial charge in [-0.2, -0.15) is 0 Å². The largest absolute Gasteiger partial charge is 0.545 e. The summed E-state index contributed by atoms with van der Waals surface area (Å²) in [5.74, 6) is -1.25. The van der Waals surface area contributed by atoms with Crippen molar-refractivity contribution in [1.29, 1.82) is 0 Å². The van der Waals surface area contributed by atoms with E-state index < -0.39 is 5.97 Å². The number of benzene rings is 1. The van der Waals surface area contributed by atoms with Gasteiger partial charge in [0.05, 0.1) is 5.97 Å². The van der Waals surface area contributed by atoms with Gasteiger partial charge in [0.1, 0.15) is 0 Å². The third-order valence-corrected chi connectivity index (χ3v) is 5.72. The number of unbranched alkanes of at least 4 members (excludes halogenated alkanes) is 9. The lowest BCUT2D eigenvalue weighted by Crippen LogP contribution is -2.23. The Bertz CT molecular complexity index is 544. The Kier molecular flexibility index (Phi) is 11.4. The normalized spacial score (nSPS) is 10.8. The quantitative estimate of drug-likeness (QED) is 0.245. The number of hydrogen-bond donors (Lipinski definition) is 0. The highest BCUT2D eigenvalue weighted by molar-refractivity contribution is 9.11. The van der Waals surface area contributed by atoms with E-state index in [-0.39, 0.29) is 5.57 Å². The number of carbonyl (C=O) groups excluding carboxylic acids is 1. The van der Waals surface area contributed by atoms with Crippen molar-refractivity contribution in [1.82, 2.24) is 0 Å². The zero-order chi connectivity index (χ0) is 18.7. The maximum atomic E-state index is 11.0. The summed E-state index contributed by atoms with van der Waals surface area (Å²) in [6.07, 6.45) is 14.3. The van der Waals surface area contributed by atoms with Crippen molar-refractivity contribution >= 4 is 43.4 Å². The first kappa shape index (κ1) is 22.4. The molecule has 0 radical (unpaired) electrons. The average molecular weight is 473 g/mol. The van der Waals surface area contributed by atoms with E-state index in [9.17, 15) is 9.90 Å². The molecule has 0 aliphatic heterocycles. The second kappa shape index (κ2) is 12.7. The van der Waals surface area contributed by atoms with Gasteiger partial charge in [0.25, 0.3) is 0 Å². The predicted octanol–water partition coefficient (Wildman–Crippen LogP) is 6.44. The van der Waals surface area contributed by atoms with Crippen LogP contribution in [0.5, 0.6) is 0 Å². The molecule has 25 heavy (non-hydrogen) atoms. The van der Waals surface area contributed by atoms with E-state index in [0.29, 0.717) is 5.56 Å². The van der Waals surface area contributed by atoms with E-state index in [1.165, 1.54) is 63.4 Å². The maximum absolute atomic E-state index is 11.0. The second-order valence-corrected chi connectivity index (χ2v) is 8.34. The van der Waals surface area contributed by atoms with Crippen LogP contribution in [0, 0.1) is 0 Å². The number of carboxylic acid groups (broad SMARTS) is 1. The number of carboxylic acids is 1. The molecule has 0 saturated carbocycles. The van der Waals surface area contributed by atoms with E-state index in [1.807, 2.05) is 12.1 Å². The highest BCUT2D eigenvalue weighted by Gasteiger charge is 2.11. The number of aliphatic carboxylic acids is 1. The van der Waals surface area contributed by atoms with Crippen LogP contribution in [-0.2, 0) is 11.2 Å². The van der Waals surface area contributed by atoms with E-state index in [0.717, 1.165) is 21.8 Å². The third kappa shape index (κ3) is 8.54. The summed E-state index contributed by atoms with van der Waals surface area (Å²) < 4.78 is 1.50. The SMILES string of the molecule is C=C(C(=O)[O-])c1c(Br)cc(CCCCCCCCCCCC)cc1Br. The van der Waals surface area contributed by atoms with Gasteiger partial charge in [0, 0.05) is 14.5 Å². The summed E-state index contributed by atoms with van der Waals surface area (Å²) in [6.45, 7) is 5.84.